The van der Waals surface area contributed by atoms with Crippen molar-refractivity contribution in [2.75, 3.05) is 53.9 Å². The van der Waals surface area contributed by atoms with Crippen LogP contribution in [0.4, 0.5) is 8.78 Å². The maximum atomic E-state index is 14.2. The summed E-state index contributed by atoms with van der Waals surface area (Å²) < 4.78 is 27.5. The highest BCUT2D eigenvalue weighted by molar-refractivity contribution is 14.0. The van der Waals surface area contributed by atoms with Gasteiger partial charge in [0.25, 0.3) is 0 Å². The highest BCUT2D eigenvalue weighted by Crippen LogP contribution is 2.28. The van der Waals surface area contributed by atoms with Crippen molar-refractivity contribution in [3.8, 4) is 0 Å². The standard InChI is InChI=1S/C20H31F2N5O.HI/c1-5-18(16-7-6-15(21)14-17(16)22)26-10-12-27(13-11-26)20(23-2)24-9-8-19(28)25(3)4;/h6-7,14,18H,5,8-13H2,1-4H3,(H,23,24);1H. The zero-order valence-electron chi connectivity index (χ0n) is 17.6. The summed E-state index contributed by atoms with van der Waals surface area (Å²) in [5.41, 5.74) is 0.544. The van der Waals surface area contributed by atoms with E-state index in [2.05, 4.69) is 20.1 Å². The molecular formula is C20H32F2IN5O. The molecule has 1 N–H and O–H groups in total. The van der Waals surface area contributed by atoms with E-state index in [-0.39, 0.29) is 35.9 Å². The monoisotopic (exact) mass is 523 g/mol. The highest BCUT2D eigenvalue weighted by Gasteiger charge is 2.27. The number of amides is 1. The van der Waals surface area contributed by atoms with E-state index in [1.807, 2.05) is 6.92 Å². The normalized spacial score (nSPS) is 16.2. The molecule has 1 aromatic carbocycles. The number of hydrogen-bond donors (Lipinski definition) is 1. The molecule has 1 saturated heterocycles. The first kappa shape index (κ1) is 25.5. The van der Waals surface area contributed by atoms with Crippen molar-refractivity contribution in [2.45, 2.75) is 25.8 Å². The van der Waals surface area contributed by atoms with Crippen molar-refractivity contribution in [3.05, 3.63) is 35.4 Å². The summed E-state index contributed by atoms with van der Waals surface area (Å²) in [5.74, 6) is -0.201. The van der Waals surface area contributed by atoms with Crippen molar-refractivity contribution in [1.29, 1.82) is 0 Å². The van der Waals surface area contributed by atoms with Gasteiger partial charge in [-0.25, -0.2) is 8.78 Å². The van der Waals surface area contributed by atoms with E-state index >= 15 is 0 Å². The minimum Gasteiger partial charge on any atom is -0.356 e. The maximum absolute atomic E-state index is 14.2. The minimum atomic E-state index is -0.552. The van der Waals surface area contributed by atoms with Gasteiger partial charge in [-0.05, 0) is 12.5 Å². The van der Waals surface area contributed by atoms with Gasteiger partial charge in [-0.15, -0.1) is 24.0 Å². The van der Waals surface area contributed by atoms with Crippen LogP contribution in [0.3, 0.4) is 0 Å². The van der Waals surface area contributed by atoms with E-state index in [9.17, 15) is 13.6 Å². The lowest BCUT2D eigenvalue weighted by molar-refractivity contribution is -0.128. The molecule has 164 valence electrons. The van der Waals surface area contributed by atoms with E-state index in [1.165, 1.54) is 6.07 Å². The molecule has 0 aromatic heterocycles. The Morgan fingerprint density at radius 2 is 1.90 bits per heavy atom. The van der Waals surface area contributed by atoms with Crippen LogP contribution in [0.15, 0.2) is 23.2 Å². The van der Waals surface area contributed by atoms with Crippen LogP contribution in [0.25, 0.3) is 0 Å². The molecule has 1 aliphatic heterocycles. The molecule has 1 amide bonds. The summed E-state index contributed by atoms with van der Waals surface area (Å²) in [6.07, 6.45) is 1.16. The van der Waals surface area contributed by atoms with Gasteiger partial charge in [0.1, 0.15) is 11.6 Å². The third-order valence-electron chi connectivity index (χ3n) is 5.10. The van der Waals surface area contributed by atoms with Gasteiger partial charge in [0.05, 0.1) is 0 Å². The molecule has 0 aliphatic carbocycles. The predicted octanol–water partition coefficient (Wildman–Crippen LogP) is 2.71. The molecule has 0 spiro atoms. The van der Waals surface area contributed by atoms with Gasteiger partial charge in [0, 0.05) is 78.0 Å². The Morgan fingerprint density at radius 1 is 1.24 bits per heavy atom. The Balaban J connectivity index is 0.00000420. The predicted molar refractivity (Wildman–Crippen MR) is 123 cm³/mol. The summed E-state index contributed by atoms with van der Waals surface area (Å²) in [4.78, 5) is 22.0. The number of carbonyl (C=O) groups is 1. The van der Waals surface area contributed by atoms with Crippen LogP contribution in [0.2, 0.25) is 0 Å². The van der Waals surface area contributed by atoms with Crippen LogP contribution >= 0.6 is 24.0 Å². The van der Waals surface area contributed by atoms with Crippen LogP contribution in [0, 0.1) is 11.6 Å². The van der Waals surface area contributed by atoms with E-state index < -0.39 is 11.6 Å². The molecular weight excluding hydrogens is 491 g/mol. The van der Waals surface area contributed by atoms with Gasteiger partial charge in [0.2, 0.25) is 5.91 Å². The minimum absolute atomic E-state index is 0. The lowest BCUT2D eigenvalue weighted by Crippen LogP contribution is -2.53. The first-order valence-corrected chi connectivity index (χ1v) is 9.72. The molecule has 0 radical (unpaired) electrons. The smallest absolute Gasteiger partial charge is 0.223 e. The Bertz CT molecular complexity index is 693. The molecule has 1 fully saturated rings. The molecule has 9 heteroatoms. The average Bonchev–Trinajstić information content (AvgIpc) is 2.68. The molecule has 1 atom stereocenters. The number of carbonyl (C=O) groups excluding carboxylic acids is 1. The van der Waals surface area contributed by atoms with Gasteiger partial charge in [-0.3, -0.25) is 14.7 Å². The van der Waals surface area contributed by atoms with E-state index in [4.69, 9.17) is 0 Å². The Morgan fingerprint density at radius 3 is 2.41 bits per heavy atom. The summed E-state index contributed by atoms with van der Waals surface area (Å²) in [6, 6.07) is 3.75. The molecule has 1 aromatic rings. The summed E-state index contributed by atoms with van der Waals surface area (Å²) in [5, 5.41) is 3.24. The van der Waals surface area contributed by atoms with Crippen molar-refractivity contribution < 1.29 is 13.6 Å². The summed E-state index contributed by atoms with van der Waals surface area (Å²) >= 11 is 0. The lowest BCUT2D eigenvalue weighted by Gasteiger charge is -2.40. The number of nitrogens with one attached hydrogen (secondary N) is 1. The number of halogens is 3. The largest absolute Gasteiger partial charge is 0.356 e. The summed E-state index contributed by atoms with van der Waals surface area (Å²) in [7, 11) is 5.21. The van der Waals surface area contributed by atoms with E-state index in [0.717, 1.165) is 44.6 Å². The fraction of sp³-hybridized carbons (Fsp3) is 0.600. The second-order valence-electron chi connectivity index (χ2n) is 7.13. The number of benzene rings is 1. The second-order valence-corrected chi connectivity index (χ2v) is 7.13. The number of piperazine rings is 1. The van der Waals surface area contributed by atoms with Gasteiger partial charge >= 0.3 is 0 Å². The van der Waals surface area contributed by atoms with Gasteiger partial charge in [-0.1, -0.05) is 13.0 Å². The van der Waals surface area contributed by atoms with Gasteiger partial charge in [0.15, 0.2) is 5.96 Å². The van der Waals surface area contributed by atoms with Crippen molar-refractivity contribution in [1.82, 2.24) is 20.0 Å². The molecule has 29 heavy (non-hydrogen) atoms. The number of guanidine groups is 1. The molecule has 1 aliphatic rings. The fourth-order valence-electron chi connectivity index (χ4n) is 3.53. The third kappa shape index (κ3) is 7.06. The summed E-state index contributed by atoms with van der Waals surface area (Å²) in [6.45, 7) is 5.56. The number of hydrogen-bond acceptors (Lipinski definition) is 3. The molecule has 0 bridgehead atoms. The Hall–Kier alpha value is -1.49. The zero-order chi connectivity index (χ0) is 20.7. The topological polar surface area (TPSA) is 51.2 Å². The van der Waals surface area contributed by atoms with Gasteiger partial charge in [-0.2, -0.15) is 0 Å². The molecule has 1 unspecified atom stereocenters. The lowest BCUT2D eigenvalue weighted by atomic mass is 10.0. The van der Waals surface area contributed by atoms with E-state index in [0.29, 0.717) is 18.5 Å². The second kappa shape index (κ2) is 12.3. The number of nitrogens with zero attached hydrogens (tertiary/aromatic N) is 4. The number of rotatable bonds is 6. The average molecular weight is 523 g/mol. The maximum Gasteiger partial charge on any atom is 0.223 e. The van der Waals surface area contributed by atoms with Crippen molar-refractivity contribution >= 4 is 35.8 Å². The quantitative estimate of drug-likeness (QED) is 0.354. The van der Waals surface area contributed by atoms with Crippen LogP contribution in [0.5, 0.6) is 0 Å². The van der Waals surface area contributed by atoms with Crippen LogP contribution in [-0.4, -0.2) is 80.4 Å². The Kier molecular flexibility index (Phi) is 10.8. The number of aliphatic imine (C=N–C) groups is 1. The van der Waals surface area contributed by atoms with Crippen LogP contribution < -0.4 is 5.32 Å². The first-order valence-electron chi connectivity index (χ1n) is 9.72. The van der Waals surface area contributed by atoms with Crippen LogP contribution in [-0.2, 0) is 4.79 Å². The fourth-order valence-corrected chi connectivity index (χ4v) is 3.53. The van der Waals surface area contributed by atoms with E-state index in [1.54, 1.807) is 32.1 Å². The third-order valence-corrected chi connectivity index (χ3v) is 5.10. The molecule has 0 saturated carbocycles. The van der Waals surface area contributed by atoms with Gasteiger partial charge < -0.3 is 15.1 Å². The first-order chi connectivity index (χ1) is 13.4. The zero-order valence-corrected chi connectivity index (χ0v) is 20.0. The molecule has 2 rings (SSSR count). The molecule has 6 nitrogen and oxygen atoms in total. The highest BCUT2D eigenvalue weighted by atomic mass is 127. The SMILES string of the molecule is CCC(c1ccc(F)cc1F)N1CCN(C(=NC)NCCC(=O)N(C)C)CC1.I. The molecule has 1 heterocycles. The Labute approximate surface area is 189 Å². The van der Waals surface area contributed by atoms with Crippen molar-refractivity contribution in [2.24, 2.45) is 4.99 Å². The van der Waals surface area contributed by atoms with Crippen molar-refractivity contribution in [3.63, 3.8) is 0 Å². The van der Waals surface area contributed by atoms with Crippen LogP contribution in [0.1, 0.15) is 31.4 Å².